The van der Waals surface area contributed by atoms with Crippen LogP contribution >= 0.6 is 0 Å². The number of carboxylic acid groups (broad SMARTS) is 1. The van der Waals surface area contributed by atoms with E-state index in [0.29, 0.717) is 30.9 Å². The molecule has 8 nitrogen and oxygen atoms in total. The second-order valence-corrected chi connectivity index (χ2v) is 9.22. The highest BCUT2D eigenvalue weighted by atomic mass is 19.3. The quantitative estimate of drug-likeness (QED) is 0.374. The normalized spacial score (nSPS) is 15.9. The molecule has 0 radical (unpaired) electrons. The smallest absolute Gasteiger partial charge is 0.387 e. The molecule has 1 fully saturated rings. The number of para-hydroxylation sites is 1. The number of imidazole rings is 1. The minimum absolute atomic E-state index is 0.139. The zero-order chi connectivity index (χ0) is 26.1. The molecule has 4 aromatic rings. The largest absolute Gasteiger partial charge is 0.480 e. The number of aromatic nitrogens is 4. The number of carboxylic acids is 1. The summed E-state index contributed by atoms with van der Waals surface area (Å²) < 4.78 is 32.5. The fourth-order valence-electron chi connectivity index (χ4n) is 4.94. The number of carbonyl (C=O) groups is 1. The number of rotatable bonds is 7. The standard InChI is InChI=1S/C27H27F2N5O3/c1-16-11-24-32-17(2)22(12-18-7-3-4-9-23(18)37-26(28)29)34(24)15-20(16)19-13-30-27(31-14-19)33-10-6-5-8-21(33)25(35)36/h3-4,7,9,11,13-15,21,26H,5-6,8,10,12H2,1-2H3,(H,35,36)/t21-/m0/s1. The summed E-state index contributed by atoms with van der Waals surface area (Å²) >= 11 is 0. The van der Waals surface area contributed by atoms with Crippen LogP contribution in [0.1, 0.15) is 41.8 Å². The SMILES string of the molecule is Cc1cc2nc(C)c(Cc3ccccc3OC(F)F)n2cc1-c1cnc(N2CCCC[C@H]2C(=O)O)nc1. The molecule has 0 amide bonds. The molecule has 1 atom stereocenters. The number of nitrogens with zero attached hydrogens (tertiary/aromatic N) is 5. The van der Waals surface area contributed by atoms with Crippen LogP contribution in [0.25, 0.3) is 16.8 Å². The maximum absolute atomic E-state index is 12.9. The molecule has 0 bridgehead atoms. The van der Waals surface area contributed by atoms with Gasteiger partial charge in [0.15, 0.2) is 0 Å². The maximum Gasteiger partial charge on any atom is 0.387 e. The number of ether oxygens (including phenoxy) is 1. The van der Waals surface area contributed by atoms with E-state index in [1.54, 1.807) is 35.5 Å². The number of aryl methyl sites for hydroxylation is 2. The van der Waals surface area contributed by atoms with E-state index in [9.17, 15) is 18.7 Å². The Morgan fingerprint density at radius 1 is 1.19 bits per heavy atom. The second kappa shape index (κ2) is 10.1. The first-order valence-electron chi connectivity index (χ1n) is 12.1. The molecule has 1 aliphatic rings. The van der Waals surface area contributed by atoms with Crippen molar-refractivity contribution in [1.29, 1.82) is 0 Å². The van der Waals surface area contributed by atoms with Gasteiger partial charge in [-0.25, -0.2) is 19.7 Å². The van der Waals surface area contributed by atoms with Crippen molar-refractivity contribution >= 4 is 17.6 Å². The van der Waals surface area contributed by atoms with Gasteiger partial charge in [-0.1, -0.05) is 18.2 Å². The molecule has 0 aliphatic carbocycles. The highest BCUT2D eigenvalue weighted by Gasteiger charge is 2.30. The molecule has 10 heteroatoms. The van der Waals surface area contributed by atoms with Gasteiger partial charge in [0.1, 0.15) is 17.4 Å². The van der Waals surface area contributed by atoms with E-state index < -0.39 is 18.6 Å². The predicted molar refractivity (Wildman–Crippen MR) is 134 cm³/mol. The topological polar surface area (TPSA) is 92.9 Å². The average molecular weight is 508 g/mol. The van der Waals surface area contributed by atoms with Crippen LogP contribution in [0.5, 0.6) is 5.75 Å². The van der Waals surface area contributed by atoms with Gasteiger partial charge >= 0.3 is 12.6 Å². The van der Waals surface area contributed by atoms with Gasteiger partial charge in [0.05, 0.1) is 5.69 Å². The Morgan fingerprint density at radius 2 is 1.95 bits per heavy atom. The lowest BCUT2D eigenvalue weighted by Crippen LogP contribution is -2.45. The van der Waals surface area contributed by atoms with Crippen molar-refractivity contribution in [2.45, 2.75) is 52.2 Å². The minimum atomic E-state index is -2.91. The Hall–Kier alpha value is -4.08. The fourth-order valence-corrected chi connectivity index (χ4v) is 4.94. The van der Waals surface area contributed by atoms with Crippen molar-refractivity contribution in [3.05, 3.63) is 71.4 Å². The molecule has 0 unspecified atom stereocenters. The Bertz CT molecular complexity index is 1440. The number of halogens is 2. The lowest BCUT2D eigenvalue weighted by atomic mass is 10.0. The molecule has 5 rings (SSSR count). The third kappa shape index (κ3) is 4.96. The summed E-state index contributed by atoms with van der Waals surface area (Å²) in [6.07, 6.45) is 8.08. The van der Waals surface area contributed by atoms with Crippen molar-refractivity contribution in [3.8, 4) is 16.9 Å². The molecule has 192 valence electrons. The lowest BCUT2D eigenvalue weighted by molar-refractivity contribution is -0.139. The molecule has 1 saturated heterocycles. The fraction of sp³-hybridized carbons (Fsp3) is 0.333. The van der Waals surface area contributed by atoms with Crippen molar-refractivity contribution in [3.63, 3.8) is 0 Å². The molecule has 1 aromatic carbocycles. The van der Waals surface area contributed by atoms with Crippen molar-refractivity contribution in [2.75, 3.05) is 11.4 Å². The first kappa shape index (κ1) is 24.6. The highest BCUT2D eigenvalue weighted by molar-refractivity contribution is 5.77. The molecule has 0 saturated carbocycles. The molecule has 4 heterocycles. The molecule has 1 N–H and O–H groups in total. The summed E-state index contributed by atoms with van der Waals surface area (Å²) in [4.78, 5) is 27.1. The van der Waals surface area contributed by atoms with Gasteiger partial charge in [0.2, 0.25) is 5.95 Å². The molecule has 3 aromatic heterocycles. The van der Waals surface area contributed by atoms with Crippen LogP contribution in [0.4, 0.5) is 14.7 Å². The van der Waals surface area contributed by atoms with Crippen molar-refractivity contribution in [2.24, 2.45) is 0 Å². The van der Waals surface area contributed by atoms with Crippen LogP contribution in [0.2, 0.25) is 0 Å². The number of piperidine rings is 1. The number of pyridine rings is 1. The minimum Gasteiger partial charge on any atom is -0.480 e. The van der Waals surface area contributed by atoms with E-state index in [1.165, 1.54) is 6.07 Å². The predicted octanol–water partition coefficient (Wildman–Crippen LogP) is 5.04. The van der Waals surface area contributed by atoms with E-state index in [1.807, 2.05) is 30.5 Å². The van der Waals surface area contributed by atoms with E-state index >= 15 is 0 Å². The number of hydrogen-bond acceptors (Lipinski definition) is 6. The highest BCUT2D eigenvalue weighted by Crippen LogP contribution is 2.30. The van der Waals surface area contributed by atoms with Crippen molar-refractivity contribution < 1.29 is 23.4 Å². The summed E-state index contributed by atoms with van der Waals surface area (Å²) in [6, 6.07) is 8.10. The van der Waals surface area contributed by atoms with Crippen LogP contribution in [0.3, 0.4) is 0 Å². The van der Waals surface area contributed by atoms with E-state index in [0.717, 1.165) is 46.6 Å². The van der Waals surface area contributed by atoms with E-state index in [2.05, 4.69) is 15.0 Å². The van der Waals surface area contributed by atoms with E-state index in [4.69, 9.17) is 4.74 Å². The Morgan fingerprint density at radius 3 is 2.68 bits per heavy atom. The van der Waals surface area contributed by atoms with Gasteiger partial charge in [0.25, 0.3) is 0 Å². The summed E-state index contributed by atoms with van der Waals surface area (Å²) in [5.74, 6) is -0.317. The Kier molecular flexibility index (Phi) is 6.73. The first-order chi connectivity index (χ1) is 17.8. The number of anilines is 1. The number of fused-ring (bicyclic) bond motifs is 1. The molecule has 0 spiro atoms. The molecule has 1 aliphatic heterocycles. The Labute approximate surface area is 212 Å². The number of alkyl halides is 2. The van der Waals surface area contributed by atoms with Gasteiger partial charge in [-0.05, 0) is 50.8 Å². The van der Waals surface area contributed by atoms with Gasteiger partial charge in [-0.2, -0.15) is 8.78 Å². The van der Waals surface area contributed by atoms with Gasteiger partial charge in [-0.3, -0.25) is 0 Å². The Balaban J connectivity index is 1.49. The van der Waals surface area contributed by atoms with Crippen LogP contribution in [-0.4, -0.2) is 49.6 Å². The van der Waals surface area contributed by atoms with Gasteiger partial charge in [0, 0.05) is 53.9 Å². The first-order valence-corrected chi connectivity index (χ1v) is 12.1. The van der Waals surface area contributed by atoms with Crippen LogP contribution in [-0.2, 0) is 11.2 Å². The number of benzene rings is 1. The summed E-state index contributed by atoms with van der Waals surface area (Å²) in [7, 11) is 0. The summed E-state index contributed by atoms with van der Waals surface area (Å²) in [5, 5.41) is 9.58. The molecular formula is C27H27F2N5O3. The average Bonchev–Trinajstić information content (AvgIpc) is 3.18. The second-order valence-electron chi connectivity index (χ2n) is 9.22. The maximum atomic E-state index is 12.9. The van der Waals surface area contributed by atoms with E-state index in [-0.39, 0.29) is 5.75 Å². The lowest BCUT2D eigenvalue weighted by Gasteiger charge is -2.32. The van der Waals surface area contributed by atoms with Gasteiger partial charge < -0.3 is 19.1 Å². The van der Waals surface area contributed by atoms with Crippen LogP contribution in [0.15, 0.2) is 48.9 Å². The third-order valence-corrected chi connectivity index (χ3v) is 6.81. The van der Waals surface area contributed by atoms with Crippen molar-refractivity contribution in [1.82, 2.24) is 19.4 Å². The van der Waals surface area contributed by atoms with Crippen LogP contribution < -0.4 is 9.64 Å². The third-order valence-electron chi connectivity index (χ3n) is 6.81. The summed E-state index contributed by atoms with van der Waals surface area (Å²) in [5.41, 5.74) is 5.68. The monoisotopic (exact) mass is 507 g/mol. The molecule has 37 heavy (non-hydrogen) atoms. The van der Waals surface area contributed by atoms with Gasteiger partial charge in [-0.15, -0.1) is 0 Å². The number of hydrogen-bond donors (Lipinski definition) is 1. The zero-order valence-electron chi connectivity index (χ0n) is 20.6. The van der Waals surface area contributed by atoms with Crippen LogP contribution in [0, 0.1) is 13.8 Å². The zero-order valence-corrected chi connectivity index (χ0v) is 20.6. The molecular weight excluding hydrogens is 480 g/mol. The summed E-state index contributed by atoms with van der Waals surface area (Å²) in [6.45, 7) is 1.57. The number of aliphatic carboxylic acids is 1.